The zero-order valence-corrected chi connectivity index (χ0v) is 18.0. The largest absolute Gasteiger partial charge is 0.478 e. The number of carbonyl (C=O) groups is 2. The van der Waals surface area contributed by atoms with Crippen LogP contribution in [0.2, 0.25) is 0 Å². The first-order chi connectivity index (χ1) is 16.0. The summed E-state index contributed by atoms with van der Waals surface area (Å²) in [6, 6.07) is 19.4. The average Bonchev–Trinajstić information content (AvgIpc) is 2.83. The van der Waals surface area contributed by atoms with E-state index in [2.05, 4.69) is 22.2 Å². The van der Waals surface area contributed by atoms with Gasteiger partial charge in [-0.1, -0.05) is 43.7 Å². The van der Waals surface area contributed by atoms with E-state index in [0.29, 0.717) is 17.1 Å². The zero-order chi connectivity index (χ0) is 23.4. The molecule has 7 heteroatoms. The van der Waals surface area contributed by atoms with Crippen LogP contribution < -0.4 is 5.32 Å². The van der Waals surface area contributed by atoms with Crippen molar-refractivity contribution in [2.75, 3.05) is 5.32 Å². The molecule has 0 spiro atoms. The van der Waals surface area contributed by atoms with Crippen molar-refractivity contribution < 1.29 is 19.8 Å². The van der Waals surface area contributed by atoms with E-state index in [0.717, 1.165) is 29.3 Å². The van der Waals surface area contributed by atoms with Gasteiger partial charge >= 0.3 is 11.9 Å². The number of aromatic nitrogens is 2. The van der Waals surface area contributed by atoms with E-state index in [4.69, 9.17) is 0 Å². The number of benzene rings is 2. The van der Waals surface area contributed by atoms with Crippen LogP contribution in [-0.2, 0) is 0 Å². The molecular formula is C26H23N3O4. The molecule has 1 unspecified atom stereocenters. The van der Waals surface area contributed by atoms with E-state index in [-0.39, 0.29) is 17.2 Å². The fraction of sp³-hybridized carbons (Fsp3) is 0.154. The molecule has 2 aromatic heterocycles. The number of carboxylic acid groups (broad SMARTS) is 2. The van der Waals surface area contributed by atoms with Gasteiger partial charge in [0.05, 0.1) is 22.8 Å². The third-order valence-corrected chi connectivity index (χ3v) is 5.48. The Morgan fingerprint density at radius 1 is 0.939 bits per heavy atom. The number of hydrogen-bond acceptors (Lipinski definition) is 5. The monoisotopic (exact) mass is 441 g/mol. The van der Waals surface area contributed by atoms with Gasteiger partial charge in [-0.05, 0) is 48.4 Å². The first-order valence-corrected chi connectivity index (χ1v) is 10.7. The number of hydrogen-bond donors (Lipinski definition) is 3. The summed E-state index contributed by atoms with van der Waals surface area (Å²) in [7, 11) is 0. The van der Waals surface area contributed by atoms with E-state index in [1.807, 2.05) is 30.3 Å². The van der Waals surface area contributed by atoms with Crippen LogP contribution in [0.25, 0.3) is 22.2 Å². The molecule has 0 aliphatic rings. The average molecular weight is 441 g/mol. The molecule has 4 rings (SSSR count). The number of pyridine rings is 2. The summed E-state index contributed by atoms with van der Waals surface area (Å²) in [5.74, 6) is -1.69. The van der Waals surface area contributed by atoms with Crippen molar-refractivity contribution in [1.82, 2.24) is 9.97 Å². The van der Waals surface area contributed by atoms with E-state index < -0.39 is 11.9 Å². The summed E-state index contributed by atoms with van der Waals surface area (Å²) in [5.41, 5.74) is 3.23. The van der Waals surface area contributed by atoms with Crippen LogP contribution in [0.5, 0.6) is 0 Å². The van der Waals surface area contributed by atoms with Crippen molar-refractivity contribution in [3.8, 4) is 11.3 Å². The number of rotatable bonds is 8. The molecule has 4 aromatic rings. The highest BCUT2D eigenvalue weighted by atomic mass is 16.4. The van der Waals surface area contributed by atoms with Gasteiger partial charge in [0.1, 0.15) is 11.4 Å². The molecule has 1 atom stereocenters. The van der Waals surface area contributed by atoms with Crippen molar-refractivity contribution in [2.45, 2.75) is 25.8 Å². The lowest BCUT2D eigenvalue weighted by Crippen LogP contribution is -2.14. The predicted molar refractivity (Wildman–Crippen MR) is 127 cm³/mol. The lowest BCUT2D eigenvalue weighted by molar-refractivity contribution is 0.0686. The zero-order valence-electron chi connectivity index (χ0n) is 18.0. The second-order valence-electron chi connectivity index (χ2n) is 7.69. The molecule has 0 saturated heterocycles. The number of aromatic carboxylic acids is 2. The van der Waals surface area contributed by atoms with Gasteiger partial charge in [-0.3, -0.25) is 0 Å². The number of fused-ring (bicyclic) bond motifs is 1. The fourth-order valence-electron chi connectivity index (χ4n) is 3.87. The Labute approximate surface area is 190 Å². The van der Waals surface area contributed by atoms with Crippen LogP contribution in [-0.4, -0.2) is 32.1 Å². The van der Waals surface area contributed by atoms with Gasteiger partial charge in [-0.25, -0.2) is 19.6 Å². The Bertz CT molecular complexity index is 1340. The fourth-order valence-corrected chi connectivity index (χ4v) is 3.87. The minimum atomic E-state index is -1.03. The van der Waals surface area contributed by atoms with E-state index in [9.17, 15) is 19.8 Å². The molecule has 2 aromatic carbocycles. The van der Waals surface area contributed by atoms with E-state index >= 15 is 0 Å². The van der Waals surface area contributed by atoms with Crippen LogP contribution in [0, 0.1) is 0 Å². The first-order valence-electron chi connectivity index (χ1n) is 10.7. The minimum absolute atomic E-state index is 0.125. The predicted octanol–water partition coefficient (Wildman–Crippen LogP) is 5.65. The lowest BCUT2D eigenvalue weighted by Gasteiger charge is -2.21. The molecule has 0 fully saturated rings. The summed E-state index contributed by atoms with van der Waals surface area (Å²) in [5, 5.41) is 23.2. The van der Waals surface area contributed by atoms with Gasteiger partial charge in [0.15, 0.2) is 0 Å². The summed E-state index contributed by atoms with van der Waals surface area (Å²) in [6.07, 6.45) is 3.26. The normalized spacial score (nSPS) is 11.8. The van der Waals surface area contributed by atoms with Crippen molar-refractivity contribution >= 4 is 28.7 Å². The highest BCUT2D eigenvalue weighted by Crippen LogP contribution is 2.29. The van der Waals surface area contributed by atoms with Gasteiger partial charge in [0, 0.05) is 17.1 Å². The van der Waals surface area contributed by atoms with Gasteiger partial charge < -0.3 is 15.5 Å². The number of nitrogens with zero attached hydrogens (tertiary/aromatic N) is 2. The summed E-state index contributed by atoms with van der Waals surface area (Å²) >= 11 is 0. The van der Waals surface area contributed by atoms with Crippen molar-refractivity contribution in [1.29, 1.82) is 0 Å². The van der Waals surface area contributed by atoms with Gasteiger partial charge in [0.25, 0.3) is 0 Å². The molecule has 33 heavy (non-hydrogen) atoms. The lowest BCUT2D eigenvalue weighted by atomic mass is 9.99. The Balaban J connectivity index is 1.69. The van der Waals surface area contributed by atoms with E-state index in [1.54, 1.807) is 36.5 Å². The van der Waals surface area contributed by atoms with Gasteiger partial charge in [-0.15, -0.1) is 0 Å². The third kappa shape index (κ3) is 4.67. The molecule has 7 nitrogen and oxygen atoms in total. The van der Waals surface area contributed by atoms with Crippen molar-refractivity contribution in [2.24, 2.45) is 0 Å². The van der Waals surface area contributed by atoms with Crippen LogP contribution in [0.1, 0.15) is 52.1 Å². The smallest absolute Gasteiger partial charge is 0.339 e. The van der Waals surface area contributed by atoms with Crippen LogP contribution in [0.4, 0.5) is 5.82 Å². The Hall–Kier alpha value is -4.26. The molecule has 0 aliphatic heterocycles. The topological polar surface area (TPSA) is 112 Å². The Kier molecular flexibility index (Phi) is 6.31. The standard InChI is InChI=1S/C26H23N3O4/c1-2-6-21(29-24-20(26(32)33)9-5-14-27-24)16-10-12-22-17(15-16)11-13-23(28-22)18-7-3-4-8-19(18)25(30)31/h3-5,7-15,21H,2,6H2,1H3,(H,27,29)(H,30,31)(H,32,33). The SMILES string of the molecule is CCCC(Nc1ncccc1C(=O)O)c1ccc2nc(-c3ccccc3C(=O)O)ccc2c1. The molecule has 0 radical (unpaired) electrons. The molecule has 166 valence electrons. The first kappa shape index (κ1) is 22.0. The van der Waals surface area contributed by atoms with Crippen LogP contribution in [0.3, 0.4) is 0 Å². The summed E-state index contributed by atoms with van der Waals surface area (Å²) in [6.45, 7) is 2.07. The molecular weight excluding hydrogens is 418 g/mol. The Morgan fingerprint density at radius 2 is 1.70 bits per heavy atom. The molecule has 0 amide bonds. The third-order valence-electron chi connectivity index (χ3n) is 5.48. The second-order valence-corrected chi connectivity index (χ2v) is 7.69. The summed E-state index contributed by atoms with van der Waals surface area (Å²) in [4.78, 5) is 32.0. The van der Waals surface area contributed by atoms with Gasteiger partial charge in [-0.2, -0.15) is 0 Å². The Morgan fingerprint density at radius 3 is 2.45 bits per heavy atom. The summed E-state index contributed by atoms with van der Waals surface area (Å²) < 4.78 is 0. The van der Waals surface area contributed by atoms with Crippen LogP contribution in [0.15, 0.2) is 72.9 Å². The maximum Gasteiger partial charge on any atom is 0.339 e. The van der Waals surface area contributed by atoms with Crippen molar-refractivity contribution in [3.63, 3.8) is 0 Å². The minimum Gasteiger partial charge on any atom is -0.478 e. The number of nitrogens with one attached hydrogen (secondary N) is 1. The molecule has 0 saturated carbocycles. The quantitative estimate of drug-likeness (QED) is 0.324. The molecule has 0 aliphatic carbocycles. The van der Waals surface area contributed by atoms with Crippen molar-refractivity contribution in [3.05, 3.63) is 89.6 Å². The number of carboxylic acids is 2. The maximum absolute atomic E-state index is 11.6. The number of anilines is 1. The molecule has 0 bridgehead atoms. The molecule has 3 N–H and O–H groups in total. The van der Waals surface area contributed by atoms with Crippen LogP contribution >= 0.6 is 0 Å². The second kappa shape index (κ2) is 9.48. The maximum atomic E-state index is 11.6. The highest BCUT2D eigenvalue weighted by Gasteiger charge is 2.17. The van der Waals surface area contributed by atoms with Gasteiger partial charge in [0.2, 0.25) is 0 Å². The van der Waals surface area contributed by atoms with E-state index in [1.165, 1.54) is 6.07 Å². The molecule has 2 heterocycles. The highest BCUT2D eigenvalue weighted by molar-refractivity contribution is 5.96.